The van der Waals surface area contributed by atoms with Crippen LogP contribution >= 0.6 is 0 Å². The van der Waals surface area contributed by atoms with Crippen LogP contribution in [-0.2, 0) is 0 Å². The summed E-state index contributed by atoms with van der Waals surface area (Å²) in [6, 6.07) is 1.92. The van der Waals surface area contributed by atoms with Crippen LogP contribution in [0.25, 0.3) is 0 Å². The Labute approximate surface area is 115 Å². The summed E-state index contributed by atoms with van der Waals surface area (Å²) >= 11 is 0. The summed E-state index contributed by atoms with van der Waals surface area (Å²) in [4.78, 5) is 11.3. The molecule has 0 saturated heterocycles. The maximum absolute atomic E-state index is 5.49. The number of nitrogens with zero attached hydrogens (tertiary/aromatic N) is 3. The van der Waals surface area contributed by atoms with Gasteiger partial charge in [-0.05, 0) is 18.8 Å². The van der Waals surface area contributed by atoms with Crippen LogP contribution in [0.3, 0.4) is 0 Å². The van der Waals surface area contributed by atoms with Crippen molar-refractivity contribution in [1.29, 1.82) is 0 Å². The van der Waals surface area contributed by atoms with E-state index in [2.05, 4.69) is 41.2 Å². The lowest BCUT2D eigenvalue weighted by Gasteiger charge is -2.23. The van der Waals surface area contributed by atoms with Crippen molar-refractivity contribution in [3.8, 4) is 0 Å². The third kappa shape index (κ3) is 3.56. The van der Waals surface area contributed by atoms with E-state index in [-0.39, 0.29) is 0 Å². The molecule has 1 aromatic rings. The Kier molecular flexibility index (Phi) is 4.58. The van der Waals surface area contributed by atoms with Crippen LogP contribution in [0.1, 0.15) is 51.3 Å². The number of nitrogens with two attached hydrogens (primary N) is 1. The van der Waals surface area contributed by atoms with Crippen molar-refractivity contribution < 1.29 is 0 Å². The van der Waals surface area contributed by atoms with E-state index >= 15 is 0 Å². The van der Waals surface area contributed by atoms with E-state index in [9.17, 15) is 0 Å². The van der Waals surface area contributed by atoms with Crippen molar-refractivity contribution in [2.75, 3.05) is 23.9 Å². The molecule has 2 rings (SSSR count). The second-order valence-corrected chi connectivity index (χ2v) is 5.80. The van der Waals surface area contributed by atoms with Crippen LogP contribution in [0.2, 0.25) is 0 Å². The molecule has 1 fully saturated rings. The molecule has 3 N–H and O–H groups in total. The lowest BCUT2D eigenvalue weighted by atomic mass is 10.1. The smallest absolute Gasteiger partial charge is 0.145 e. The molecule has 1 aromatic heterocycles. The summed E-state index contributed by atoms with van der Waals surface area (Å²) < 4.78 is 0. The van der Waals surface area contributed by atoms with Crippen molar-refractivity contribution in [2.45, 2.75) is 45.4 Å². The molecule has 0 aliphatic heterocycles. The molecule has 0 radical (unpaired) electrons. The van der Waals surface area contributed by atoms with Gasteiger partial charge < -0.3 is 10.3 Å². The number of nitrogen functional groups attached to an aromatic ring is 1. The lowest BCUT2D eigenvalue weighted by molar-refractivity contribution is 0.544. The fourth-order valence-electron chi connectivity index (χ4n) is 2.65. The van der Waals surface area contributed by atoms with Gasteiger partial charge >= 0.3 is 0 Å². The normalized spacial score (nSPS) is 16.1. The van der Waals surface area contributed by atoms with Gasteiger partial charge in [0.15, 0.2) is 0 Å². The van der Waals surface area contributed by atoms with Crippen LogP contribution in [0.5, 0.6) is 0 Å². The van der Waals surface area contributed by atoms with Crippen LogP contribution in [0.15, 0.2) is 6.07 Å². The monoisotopic (exact) mass is 263 g/mol. The molecule has 0 atom stereocenters. The molecule has 106 valence electrons. The maximum atomic E-state index is 5.49. The van der Waals surface area contributed by atoms with E-state index in [1.807, 2.05) is 6.07 Å². The predicted octanol–water partition coefficient (Wildman–Crippen LogP) is 2.51. The summed E-state index contributed by atoms with van der Waals surface area (Å²) in [5, 5.41) is 0. The van der Waals surface area contributed by atoms with Gasteiger partial charge in [0.1, 0.15) is 17.5 Å². The second kappa shape index (κ2) is 6.19. The molecule has 0 spiro atoms. The van der Waals surface area contributed by atoms with Gasteiger partial charge in [-0.15, -0.1) is 0 Å². The zero-order valence-electron chi connectivity index (χ0n) is 12.2. The molecule has 0 amide bonds. The molecule has 1 saturated carbocycles. The standard InChI is InChI=1S/C14H25N5/c1-10(2)14-16-12(18-15)8-13(17-14)19(3)9-11-6-4-5-7-11/h8,10-11H,4-7,9,15H2,1-3H3,(H,16,17,18). The van der Waals surface area contributed by atoms with Crippen LogP contribution in [0.4, 0.5) is 11.6 Å². The number of anilines is 2. The quantitative estimate of drug-likeness (QED) is 0.631. The van der Waals surface area contributed by atoms with Gasteiger partial charge in [0.25, 0.3) is 0 Å². The van der Waals surface area contributed by atoms with Crippen molar-refractivity contribution in [3.63, 3.8) is 0 Å². The summed E-state index contributed by atoms with van der Waals surface area (Å²) in [5.41, 5.74) is 2.63. The van der Waals surface area contributed by atoms with Crippen molar-refractivity contribution >= 4 is 11.6 Å². The second-order valence-electron chi connectivity index (χ2n) is 5.80. The Morgan fingerprint density at radius 1 is 1.37 bits per heavy atom. The summed E-state index contributed by atoms with van der Waals surface area (Å²) in [6.07, 6.45) is 5.42. The fraction of sp³-hybridized carbons (Fsp3) is 0.714. The van der Waals surface area contributed by atoms with Crippen LogP contribution in [0, 0.1) is 5.92 Å². The molecule has 5 nitrogen and oxygen atoms in total. The SMILES string of the molecule is CC(C)c1nc(NN)cc(N(C)CC2CCCC2)n1. The first-order valence-electron chi connectivity index (χ1n) is 7.17. The molecule has 0 aromatic carbocycles. The Hall–Kier alpha value is -1.36. The van der Waals surface area contributed by atoms with Gasteiger partial charge in [-0.2, -0.15) is 0 Å². The number of rotatable bonds is 5. The van der Waals surface area contributed by atoms with Crippen molar-refractivity contribution in [3.05, 3.63) is 11.9 Å². The Morgan fingerprint density at radius 3 is 2.63 bits per heavy atom. The zero-order valence-corrected chi connectivity index (χ0v) is 12.2. The molecule has 1 heterocycles. The molecule has 5 heteroatoms. The minimum atomic E-state index is 0.298. The molecule has 19 heavy (non-hydrogen) atoms. The van der Waals surface area contributed by atoms with E-state index in [0.29, 0.717) is 11.7 Å². The van der Waals surface area contributed by atoms with Crippen LogP contribution < -0.4 is 16.2 Å². The molecular weight excluding hydrogens is 238 g/mol. The third-order valence-corrected chi connectivity index (χ3v) is 3.79. The molecule has 0 unspecified atom stereocenters. The number of nitrogens with one attached hydrogen (secondary N) is 1. The topological polar surface area (TPSA) is 67.1 Å². The Balaban J connectivity index is 2.14. The van der Waals surface area contributed by atoms with E-state index in [1.165, 1.54) is 25.7 Å². The van der Waals surface area contributed by atoms with Gasteiger partial charge in [-0.1, -0.05) is 26.7 Å². The number of aromatic nitrogens is 2. The molecular formula is C14H25N5. The molecule has 1 aliphatic rings. The van der Waals surface area contributed by atoms with E-state index in [0.717, 1.165) is 24.1 Å². The van der Waals surface area contributed by atoms with Gasteiger partial charge in [-0.25, -0.2) is 15.8 Å². The Morgan fingerprint density at radius 2 is 2.05 bits per heavy atom. The first kappa shape index (κ1) is 14.1. The average Bonchev–Trinajstić information content (AvgIpc) is 2.90. The summed E-state index contributed by atoms with van der Waals surface area (Å²) in [7, 11) is 2.10. The van der Waals surface area contributed by atoms with E-state index < -0.39 is 0 Å². The minimum Gasteiger partial charge on any atom is -0.359 e. The highest BCUT2D eigenvalue weighted by Crippen LogP contribution is 2.27. The largest absolute Gasteiger partial charge is 0.359 e. The predicted molar refractivity (Wildman–Crippen MR) is 79.2 cm³/mol. The summed E-state index contributed by atoms with van der Waals surface area (Å²) in [6.45, 7) is 5.26. The van der Waals surface area contributed by atoms with Crippen molar-refractivity contribution in [2.24, 2.45) is 11.8 Å². The maximum Gasteiger partial charge on any atom is 0.145 e. The number of hydrogen-bond acceptors (Lipinski definition) is 5. The molecule has 1 aliphatic carbocycles. The summed E-state index contributed by atoms with van der Waals surface area (Å²) in [5.74, 6) is 9.07. The van der Waals surface area contributed by atoms with Crippen LogP contribution in [-0.4, -0.2) is 23.6 Å². The van der Waals surface area contributed by atoms with E-state index in [1.54, 1.807) is 0 Å². The highest BCUT2D eigenvalue weighted by Gasteiger charge is 2.18. The lowest BCUT2D eigenvalue weighted by Crippen LogP contribution is -2.26. The van der Waals surface area contributed by atoms with Gasteiger partial charge in [0.2, 0.25) is 0 Å². The first-order valence-corrected chi connectivity index (χ1v) is 7.17. The number of hydrazine groups is 1. The van der Waals surface area contributed by atoms with Gasteiger partial charge in [0, 0.05) is 25.6 Å². The third-order valence-electron chi connectivity index (χ3n) is 3.79. The van der Waals surface area contributed by atoms with E-state index in [4.69, 9.17) is 5.84 Å². The van der Waals surface area contributed by atoms with Gasteiger partial charge in [-0.3, -0.25) is 0 Å². The average molecular weight is 263 g/mol. The molecule has 0 bridgehead atoms. The first-order chi connectivity index (χ1) is 9.10. The number of hydrogen-bond donors (Lipinski definition) is 2. The Bertz CT molecular complexity index is 412. The van der Waals surface area contributed by atoms with Gasteiger partial charge in [0.05, 0.1) is 0 Å². The highest BCUT2D eigenvalue weighted by atomic mass is 15.3. The minimum absolute atomic E-state index is 0.298. The van der Waals surface area contributed by atoms with Crippen molar-refractivity contribution in [1.82, 2.24) is 9.97 Å². The highest BCUT2D eigenvalue weighted by molar-refractivity contribution is 5.48. The fourth-order valence-corrected chi connectivity index (χ4v) is 2.65. The zero-order chi connectivity index (χ0) is 13.8.